The van der Waals surface area contributed by atoms with Crippen molar-refractivity contribution in [1.29, 1.82) is 0 Å². The highest BCUT2D eigenvalue weighted by atomic mass is 16.5. The maximum atomic E-state index is 13.4. The van der Waals surface area contributed by atoms with Gasteiger partial charge >= 0.3 is 0 Å². The summed E-state index contributed by atoms with van der Waals surface area (Å²) in [5.74, 6) is 0.501. The van der Waals surface area contributed by atoms with Gasteiger partial charge in [0.2, 0.25) is 5.88 Å². The van der Waals surface area contributed by atoms with Gasteiger partial charge in [0.15, 0.2) is 0 Å². The van der Waals surface area contributed by atoms with Crippen LogP contribution in [0.25, 0.3) is 0 Å². The average molecular weight is 425 g/mol. The van der Waals surface area contributed by atoms with Gasteiger partial charge in [-0.2, -0.15) is 5.10 Å². The molecule has 0 radical (unpaired) electrons. The van der Waals surface area contributed by atoms with Gasteiger partial charge in [0, 0.05) is 75.3 Å². The molecule has 3 aromatic rings. The molecule has 0 saturated heterocycles. The lowest BCUT2D eigenvalue weighted by Crippen LogP contribution is -2.36. The summed E-state index contributed by atoms with van der Waals surface area (Å²) in [6, 6.07) is 1.98. The number of hydrogen-bond donors (Lipinski definition) is 0. The van der Waals surface area contributed by atoms with E-state index in [1.165, 1.54) is 0 Å². The molecule has 4 heterocycles. The molecule has 9 nitrogen and oxygen atoms in total. The van der Waals surface area contributed by atoms with Crippen LogP contribution < -0.4 is 4.74 Å². The Morgan fingerprint density at radius 3 is 2.84 bits per heavy atom. The molecule has 3 aromatic heterocycles. The number of fused-ring (bicyclic) bond motifs is 1. The first-order valence-corrected chi connectivity index (χ1v) is 10.4. The number of amides is 1. The minimum atomic E-state index is 0.0482. The summed E-state index contributed by atoms with van der Waals surface area (Å²) in [5.41, 5.74) is 5.81. The second kappa shape index (κ2) is 8.89. The Balaban J connectivity index is 1.52. The Morgan fingerprint density at radius 2 is 2.10 bits per heavy atom. The van der Waals surface area contributed by atoms with Gasteiger partial charge in [-0.25, -0.2) is 4.98 Å². The van der Waals surface area contributed by atoms with Gasteiger partial charge in [-0.05, 0) is 19.9 Å². The van der Waals surface area contributed by atoms with E-state index in [-0.39, 0.29) is 12.5 Å². The first kappa shape index (κ1) is 21.0. The van der Waals surface area contributed by atoms with Gasteiger partial charge in [0.1, 0.15) is 12.3 Å². The largest absolute Gasteiger partial charge is 0.470 e. The molecular formula is C22H28N6O3. The van der Waals surface area contributed by atoms with Crippen molar-refractivity contribution >= 4 is 5.91 Å². The van der Waals surface area contributed by atoms with Crippen LogP contribution >= 0.6 is 0 Å². The molecule has 1 aliphatic rings. The van der Waals surface area contributed by atoms with Crippen LogP contribution in [0.2, 0.25) is 0 Å². The third kappa shape index (κ3) is 4.18. The van der Waals surface area contributed by atoms with Crippen molar-refractivity contribution in [3.63, 3.8) is 0 Å². The zero-order valence-corrected chi connectivity index (χ0v) is 18.5. The van der Waals surface area contributed by atoms with Crippen LogP contribution in [0.3, 0.4) is 0 Å². The summed E-state index contributed by atoms with van der Waals surface area (Å²) in [4.78, 5) is 23.4. The van der Waals surface area contributed by atoms with Gasteiger partial charge in [0.25, 0.3) is 5.91 Å². The normalized spacial score (nSPS) is 13.4. The number of carbonyl (C=O) groups excluding carboxylic acids is 1. The second-order valence-corrected chi connectivity index (χ2v) is 7.73. The second-order valence-electron chi connectivity index (χ2n) is 7.73. The van der Waals surface area contributed by atoms with E-state index in [0.29, 0.717) is 25.6 Å². The molecular weight excluding hydrogens is 396 g/mol. The lowest BCUT2D eigenvalue weighted by atomic mass is 10.0. The van der Waals surface area contributed by atoms with Crippen molar-refractivity contribution in [2.24, 2.45) is 7.05 Å². The minimum Gasteiger partial charge on any atom is -0.470 e. The third-order valence-electron chi connectivity index (χ3n) is 5.83. The third-order valence-corrected chi connectivity index (χ3v) is 5.83. The van der Waals surface area contributed by atoms with E-state index >= 15 is 0 Å². The van der Waals surface area contributed by atoms with E-state index < -0.39 is 0 Å². The van der Waals surface area contributed by atoms with E-state index in [9.17, 15) is 4.79 Å². The lowest BCUT2D eigenvalue weighted by Gasteiger charge is -2.28. The predicted octanol–water partition coefficient (Wildman–Crippen LogP) is 2.05. The Bertz CT molecular complexity index is 1070. The van der Waals surface area contributed by atoms with Crippen LogP contribution in [0.5, 0.6) is 5.88 Å². The molecule has 0 aromatic carbocycles. The van der Waals surface area contributed by atoms with E-state index in [2.05, 4.69) is 19.6 Å². The molecule has 164 valence electrons. The summed E-state index contributed by atoms with van der Waals surface area (Å²) >= 11 is 0. The number of nitrogens with zero attached hydrogens (tertiary/aromatic N) is 6. The van der Waals surface area contributed by atoms with Crippen LogP contribution in [0, 0.1) is 13.8 Å². The molecule has 31 heavy (non-hydrogen) atoms. The molecule has 1 amide bonds. The molecule has 0 saturated carbocycles. The van der Waals surface area contributed by atoms with Gasteiger partial charge < -0.3 is 18.9 Å². The van der Waals surface area contributed by atoms with Crippen LogP contribution in [0.1, 0.15) is 38.7 Å². The Kier molecular flexibility index (Phi) is 6.03. The van der Waals surface area contributed by atoms with E-state index in [0.717, 1.165) is 46.9 Å². The Morgan fingerprint density at radius 1 is 1.26 bits per heavy atom. The Labute approximate surface area is 181 Å². The SMILES string of the molecule is COCCn1c(C)cc(C(=O)N2CCc3c(c(COc4cnccn4)nn3C)C2)c1C. The van der Waals surface area contributed by atoms with Crippen LogP contribution in [0.4, 0.5) is 0 Å². The number of aromatic nitrogens is 5. The van der Waals surface area contributed by atoms with Crippen LogP contribution in [0.15, 0.2) is 24.7 Å². The van der Waals surface area contributed by atoms with Gasteiger partial charge in [-0.3, -0.25) is 14.5 Å². The first-order valence-electron chi connectivity index (χ1n) is 10.4. The number of hydrogen-bond acceptors (Lipinski definition) is 6. The number of rotatable bonds is 7. The molecule has 9 heteroatoms. The molecule has 1 aliphatic heterocycles. The molecule has 0 spiro atoms. The highest BCUT2D eigenvalue weighted by molar-refractivity contribution is 5.95. The monoisotopic (exact) mass is 424 g/mol. The molecule has 0 unspecified atom stereocenters. The Hall–Kier alpha value is -3.20. The number of carbonyl (C=O) groups is 1. The van der Waals surface area contributed by atoms with Crippen molar-refractivity contribution in [2.75, 3.05) is 20.3 Å². The quantitative estimate of drug-likeness (QED) is 0.577. The highest BCUT2D eigenvalue weighted by Gasteiger charge is 2.29. The fourth-order valence-electron chi connectivity index (χ4n) is 4.18. The van der Waals surface area contributed by atoms with Crippen molar-refractivity contribution in [3.8, 4) is 5.88 Å². The number of ether oxygens (including phenoxy) is 2. The standard InChI is InChI=1S/C22H28N6O3/c1-15-11-17(16(2)28(15)9-10-30-4)22(29)27-8-5-20-18(13-27)19(25-26(20)3)14-31-21-12-23-6-7-24-21/h6-7,11-12H,5,8-10,13-14H2,1-4H3. The topological polar surface area (TPSA) is 87.3 Å². The smallest absolute Gasteiger partial charge is 0.255 e. The van der Waals surface area contributed by atoms with E-state index in [4.69, 9.17) is 9.47 Å². The van der Waals surface area contributed by atoms with Crippen molar-refractivity contribution in [3.05, 3.63) is 58.6 Å². The summed E-state index contributed by atoms with van der Waals surface area (Å²) in [7, 11) is 3.62. The predicted molar refractivity (Wildman–Crippen MR) is 114 cm³/mol. The van der Waals surface area contributed by atoms with Crippen molar-refractivity contribution < 1.29 is 14.3 Å². The lowest BCUT2D eigenvalue weighted by molar-refractivity contribution is 0.0731. The van der Waals surface area contributed by atoms with Crippen molar-refractivity contribution in [1.82, 2.24) is 29.2 Å². The van der Waals surface area contributed by atoms with Crippen LogP contribution in [-0.2, 0) is 37.9 Å². The fourth-order valence-corrected chi connectivity index (χ4v) is 4.18. The minimum absolute atomic E-state index is 0.0482. The first-order chi connectivity index (χ1) is 15.0. The molecule has 0 N–H and O–H groups in total. The summed E-state index contributed by atoms with van der Waals surface area (Å²) in [6.45, 7) is 6.84. The zero-order valence-electron chi connectivity index (χ0n) is 18.5. The van der Waals surface area contributed by atoms with Gasteiger partial charge in [0.05, 0.1) is 18.4 Å². The van der Waals surface area contributed by atoms with Crippen molar-refractivity contribution in [2.45, 2.75) is 40.0 Å². The summed E-state index contributed by atoms with van der Waals surface area (Å²) < 4.78 is 15.0. The van der Waals surface area contributed by atoms with E-state index in [1.807, 2.05) is 36.5 Å². The number of methoxy groups -OCH3 is 1. The molecule has 0 fully saturated rings. The molecule has 0 aliphatic carbocycles. The van der Waals surface area contributed by atoms with Gasteiger partial charge in [-0.1, -0.05) is 0 Å². The fraction of sp³-hybridized carbons (Fsp3) is 0.455. The molecule has 0 bridgehead atoms. The molecule has 0 atom stereocenters. The van der Waals surface area contributed by atoms with Gasteiger partial charge in [-0.15, -0.1) is 0 Å². The zero-order chi connectivity index (χ0) is 22.0. The maximum absolute atomic E-state index is 13.4. The molecule has 4 rings (SSSR count). The van der Waals surface area contributed by atoms with E-state index in [1.54, 1.807) is 25.7 Å². The summed E-state index contributed by atoms with van der Waals surface area (Å²) in [6.07, 6.45) is 5.53. The number of aryl methyl sites for hydroxylation is 2. The summed E-state index contributed by atoms with van der Waals surface area (Å²) in [5, 5.41) is 4.63. The maximum Gasteiger partial charge on any atom is 0.255 e. The average Bonchev–Trinajstić information content (AvgIpc) is 3.26. The highest BCUT2D eigenvalue weighted by Crippen LogP contribution is 2.26. The van der Waals surface area contributed by atoms with Crippen LogP contribution in [-0.4, -0.2) is 55.4 Å².